The second kappa shape index (κ2) is 14.5. The van der Waals surface area contributed by atoms with Gasteiger partial charge in [-0.15, -0.1) is 0 Å². The predicted molar refractivity (Wildman–Crippen MR) is 179 cm³/mol. The molecule has 0 radical (unpaired) electrons. The third-order valence-electron chi connectivity index (χ3n) is 8.84. The molecule has 0 aliphatic carbocycles. The molecule has 2 aromatic heterocycles. The number of aryl methyl sites for hydroxylation is 1. The summed E-state index contributed by atoms with van der Waals surface area (Å²) in [6.45, 7) is 3.05. The van der Waals surface area contributed by atoms with Gasteiger partial charge in [0.15, 0.2) is 17.2 Å². The lowest BCUT2D eigenvalue weighted by Crippen LogP contribution is -2.45. The number of fused-ring (bicyclic) bond motifs is 4. The molecule has 3 aliphatic rings. The Morgan fingerprint density at radius 3 is 2.66 bits per heavy atom. The van der Waals surface area contributed by atoms with Crippen LogP contribution in [0.3, 0.4) is 0 Å². The molecular weight excluding hydrogens is 664 g/mol. The third-order valence-corrected chi connectivity index (χ3v) is 9.46. The summed E-state index contributed by atoms with van der Waals surface area (Å²) in [5.41, 5.74) is 3.92. The van der Waals surface area contributed by atoms with E-state index < -0.39 is 6.04 Å². The first-order valence-electron chi connectivity index (χ1n) is 16.4. The summed E-state index contributed by atoms with van der Waals surface area (Å²) in [5.74, 6) is 0.688. The number of rotatable bonds is 3. The highest BCUT2D eigenvalue weighted by atomic mass is 32.1. The number of ether oxygens (including phenoxy) is 3. The lowest BCUT2D eigenvalue weighted by Gasteiger charge is -2.35. The van der Waals surface area contributed by atoms with Crippen LogP contribution in [0.2, 0.25) is 0 Å². The van der Waals surface area contributed by atoms with Crippen LogP contribution in [0.25, 0.3) is 0 Å². The van der Waals surface area contributed by atoms with Gasteiger partial charge in [0.1, 0.15) is 18.3 Å². The number of nitrogens with one attached hydrogen (secondary N) is 2. The van der Waals surface area contributed by atoms with Gasteiger partial charge in [-0.3, -0.25) is 19.2 Å². The zero-order chi connectivity index (χ0) is 34.6. The first-order chi connectivity index (χ1) is 24.3. The average molecular weight is 701 g/mol. The molecule has 260 valence electrons. The predicted octanol–water partition coefficient (Wildman–Crippen LogP) is 1.65. The number of amides is 4. The summed E-state index contributed by atoms with van der Waals surface area (Å²) in [5, 5.41) is 5.76. The summed E-state index contributed by atoms with van der Waals surface area (Å²) in [7, 11) is 0. The topological polar surface area (TPSA) is 170 Å². The van der Waals surface area contributed by atoms with Crippen molar-refractivity contribution in [2.24, 2.45) is 0 Å². The first-order valence-corrected chi connectivity index (χ1v) is 17.1. The lowest BCUT2D eigenvalue weighted by atomic mass is 9.94. The summed E-state index contributed by atoms with van der Waals surface area (Å²) >= 11 is 0.997. The maximum atomic E-state index is 13.8. The smallest absolute Gasteiger partial charge is 0.276 e. The monoisotopic (exact) mass is 700 g/mol. The van der Waals surface area contributed by atoms with Gasteiger partial charge < -0.3 is 39.2 Å². The molecule has 1 unspecified atom stereocenters. The van der Waals surface area contributed by atoms with E-state index in [0.717, 1.165) is 28.5 Å². The number of hydrogen-bond donors (Lipinski definition) is 2. The summed E-state index contributed by atoms with van der Waals surface area (Å²) in [6, 6.07) is 12.3. The minimum absolute atomic E-state index is 0.00705. The van der Waals surface area contributed by atoms with E-state index in [2.05, 4.69) is 19.4 Å². The molecular formula is C34H36N8O7S. The third kappa shape index (κ3) is 7.10. The van der Waals surface area contributed by atoms with Crippen molar-refractivity contribution >= 4 is 35.4 Å². The Balaban J connectivity index is 1.12. The van der Waals surface area contributed by atoms with Crippen molar-refractivity contribution in [2.75, 3.05) is 46.1 Å². The van der Waals surface area contributed by atoms with Gasteiger partial charge in [0, 0.05) is 38.3 Å². The Morgan fingerprint density at radius 2 is 1.80 bits per heavy atom. The molecule has 2 N–H and O–H groups in total. The van der Waals surface area contributed by atoms with Crippen LogP contribution >= 0.6 is 11.7 Å². The molecule has 4 amide bonds. The van der Waals surface area contributed by atoms with Crippen LogP contribution in [0.4, 0.5) is 0 Å². The van der Waals surface area contributed by atoms with Crippen LogP contribution in [-0.2, 0) is 33.8 Å². The van der Waals surface area contributed by atoms with E-state index in [1.165, 1.54) is 4.90 Å². The fraction of sp³-hybridized carbons (Fsp3) is 0.382. The van der Waals surface area contributed by atoms with Crippen LogP contribution in [0.5, 0.6) is 17.2 Å². The molecule has 15 nitrogen and oxygen atoms in total. The maximum Gasteiger partial charge on any atom is 0.276 e. The van der Waals surface area contributed by atoms with Crippen LogP contribution in [0, 0.1) is 6.92 Å². The molecule has 2 aromatic carbocycles. The number of imidazole rings is 1. The molecule has 6 bridgehead atoms. The number of hydrogen-bond acceptors (Lipinski definition) is 11. The summed E-state index contributed by atoms with van der Waals surface area (Å²) in [4.78, 5) is 61.3. The Morgan fingerprint density at radius 1 is 0.960 bits per heavy atom. The van der Waals surface area contributed by atoms with E-state index in [1.54, 1.807) is 40.9 Å². The molecule has 1 atom stereocenters. The van der Waals surface area contributed by atoms with Crippen molar-refractivity contribution < 1.29 is 33.4 Å². The number of carbonyl (C=O) groups is 4. The number of benzene rings is 2. The summed E-state index contributed by atoms with van der Waals surface area (Å²) in [6.07, 6.45) is 2.67. The molecule has 0 saturated heterocycles. The van der Waals surface area contributed by atoms with Crippen molar-refractivity contribution in [3.05, 3.63) is 82.7 Å². The minimum atomic E-state index is -0.547. The molecule has 5 heterocycles. The van der Waals surface area contributed by atoms with E-state index in [-0.39, 0.29) is 63.0 Å². The highest BCUT2D eigenvalue weighted by Gasteiger charge is 2.37. The van der Waals surface area contributed by atoms with Gasteiger partial charge >= 0.3 is 0 Å². The van der Waals surface area contributed by atoms with Gasteiger partial charge in [-0.1, -0.05) is 18.2 Å². The quantitative estimate of drug-likeness (QED) is 0.321. The van der Waals surface area contributed by atoms with Gasteiger partial charge in [0.2, 0.25) is 24.5 Å². The fourth-order valence-corrected chi connectivity index (χ4v) is 6.89. The largest absolute Gasteiger partial charge is 0.494 e. The minimum Gasteiger partial charge on any atom is -0.494 e. The number of aromatic nitrogens is 4. The molecule has 16 heteroatoms. The average Bonchev–Trinajstić information content (AvgIpc) is 3.86. The molecule has 4 aromatic rings. The molecule has 50 heavy (non-hydrogen) atoms. The van der Waals surface area contributed by atoms with E-state index >= 15 is 0 Å². The van der Waals surface area contributed by atoms with Crippen molar-refractivity contribution in [1.29, 1.82) is 0 Å². The first kappa shape index (κ1) is 33.0. The van der Waals surface area contributed by atoms with Crippen LogP contribution in [0.15, 0.2) is 48.8 Å². The van der Waals surface area contributed by atoms with Crippen LogP contribution in [-0.4, -0.2) is 97.9 Å². The zero-order valence-corrected chi connectivity index (χ0v) is 28.2. The highest BCUT2D eigenvalue weighted by molar-refractivity contribution is 6.99. The van der Waals surface area contributed by atoms with Crippen LogP contribution < -0.4 is 24.8 Å². The Bertz CT molecular complexity index is 1930. The second-order valence-electron chi connectivity index (χ2n) is 12.2. The second-order valence-corrected chi connectivity index (χ2v) is 12.7. The SMILES string of the molecule is Cc1nsnc1C(=O)N1CCc2c3ncn2CC(=O)NCCN(C(=O)Cc2ccc4c(c2)OCO4)CC(=O)NCCCOc2cccc(c2)C31. The lowest BCUT2D eigenvalue weighted by molar-refractivity contribution is -0.135. The Kier molecular flexibility index (Phi) is 9.60. The van der Waals surface area contributed by atoms with Crippen molar-refractivity contribution in [3.63, 3.8) is 0 Å². The molecule has 7 rings (SSSR count). The van der Waals surface area contributed by atoms with Crippen molar-refractivity contribution in [3.8, 4) is 17.2 Å². The van der Waals surface area contributed by atoms with Gasteiger partial charge in [-0.05, 0) is 48.7 Å². The van der Waals surface area contributed by atoms with Gasteiger partial charge in [-0.2, -0.15) is 8.75 Å². The van der Waals surface area contributed by atoms with E-state index in [1.807, 2.05) is 24.3 Å². The molecule has 0 spiro atoms. The van der Waals surface area contributed by atoms with Gasteiger partial charge in [0.25, 0.3) is 5.91 Å². The Labute approximate surface area is 291 Å². The number of carbonyl (C=O) groups excluding carboxylic acids is 4. The zero-order valence-electron chi connectivity index (χ0n) is 27.4. The molecule has 0 fully saturated rings. The van der Waals surface area contributed by atoms with E-state index in [9.17, 15) is 19.2 Å². The Hall–Kier alpha value is -5.51. The van der Waals surface area contributed by atoms with E-state index in [0.29, 0.717) is 66.9 Å². The summed E-state index contributed by atoms with van der Waals surface area (Å²) < 4.78 is 27.1. The highest BCUT2D eigenvalue weighted by Crippen LogP contribution is 2.37. The fourth-order valence-electron chi connectivity index (χ4n) is 6.34. The van der Waals surface area contributed by atoms with Crippen molar-refractivity contribution in [2.45, 2.75) is 38.8 Å². The molecule has 3 aliphatic heterocycles. The normalized spacial score (nSPS) is 18.1. The van der Waals surface area contributed by atoms with Gasteiger partial charge in [0.05, 0.1) is 49.0 Å². The standard InChI is InChI=1S/C34H36N8O7S/c1-21-31(39-50-38-21)34(46)42-11-8-25-32-33(42)23-4-2-5-24(16-23)47-13-3-9-35-28(43)17-40(12-10-36-29(44)18-41(25)19-37-32)30(45)15-22-6-7-26-27(14-22)49-20-48-26/h2,4-7,14,16,19,33H,3,8-13,15,17-18,20H2,1H3,(H,35,43)(H,36,44). The van der Waals surface area contributed by atoms with Crippen molar-refractivity contribution in [1.82, 2.24) is 38.7 Å². The number of nitrogens with zero attached hydrogens (tertiary/aromatic N) is 6. The molecule has 0 saturated carbocycles. The van der Waals surface area contributed by atoms with Crippen LogP contribution in [0.1, 0.15) is 51.2 Å². The van der Waals surface area contributed by atoms with Gasteiger partial charge in [-0.25, -0.2) is 4.98 Å². The van der Waals surface area contributed by atoms with E-state index in [4.69, 9.17) is 19.2 Å². The maximum absolute atomic E-state index is 13.8.